The SMILES string of the molecule is [Cd].[In].[O]=[Pb].[Sn].[Zn]. The van der Waals surface area contributed by atoms with Gasteiger partial charge in [0.1, 0.15) is 0 Å². The van der Waals surface area contributed by atoms with Gasteiger partial charge in [0.2, 0.25) is 0 Å². The summed E-state index contributed by atoms with van der Waals surface area (Å²) in [6.07, 6.45) is 0. The maximum absolute atomic E-state index is 8.39. The fourth-order valence-electron chi connectivity index (χ4n) is 0. The molecule has 0 spiro atoms. The monoisotopic (exact) mass is 637 g/mol. The fourth-order valence-corrected chi connectivity index (χ4v) is 0. The second kappa shape index (κ2) is 36.3. The van der Waals surface area contributed by atoms with E-state index in [0.717, 1.165) is 0 Å². The molecule has 0 saturated heterocycles. The van der Waals surface area contributed by atoms with Crippen LogP contribution in [-0.4, -0.2) is 75.5 Å². The van der Waals surface area contributed by atoms with Gasteiger partial charge in [-0.2, -0.15) is 0 Å². The van der Waals surface area contributed by atoms with Crippen LogP contribution in [-0.2, 0) is 49.5 Å². The van der Waals surface area contributed by atoms with E-state index in [4.69, 9.17) is 2.69 Å². The standard InChI is InChI=1S/Cd.In.O.Pb.Sn.Zn. The van der Waals surface area contributed by atoms with Crippen LogP contribution in [0.15, 0.2) is 0 Å². The maximum atomic E-state index is 8.39. The molecule has 0 N–H and O–H groups in total. The second-order valence-corrected chi connectivity index (χ2v) is 0. The van der Waals surface area contributed by atoms with E-state index in [2.05, 4.69) is 0 Å². The largest absolute Gasteiger partial charge is 0 e. The quantitative estimate of drug-likeness (QED) is 0.305. The molecule has 0 aromatic rings. The first-order valence-electron chi connectivity index (χ1n) is 0.204. The summed E-state index contributed by atoms with van der Waals surface area (Å²) < 4.78 is 8.39. The predicted molar refractivity (Wildman–Crippen MR) is 17.9 cm³/mol. The van der Waals surface area contributed by atoms with Crippen molar-refractivity contribution in [2.45, 2.75) is 0 Å². The van der Waals surface area contributed by atoms with Crippen LogP contribution in [0.5, 0.6) is 0 Å². The minimum Gasteiger partial charge on any atom is 0 e. The van der Waals surface area contributed by atoms with Gasteiger partial charge in [0.05, 0.1) is 0 Å². The summed E-state index contributed by atoms with van der Waals surface area (Å²) in [4.78, 5) is 0. The minimum atomic E-state index is 0. The normalized spacial score (nSPS) is 0.667. The average Bonchev–Trinajstić information content (AvgIpc) is 1.00. The summed E-state index contributed by atoms with van der Waals surface area (Å²) in [7, 11) is 0. The maximum Gasteiger partial charge on any atom is 0 e. The third-order valence-corrected chi connectivity index (χ3v) is 0. The van der Waals surface area contributed by atoms with Crippen LogP contribution in [0, 0.1) is 0 Å². The molecule has 6 heteroatoms. The molecule has 21 valence electrons. The average molecular weight is 635 g/mol. The Morgan fingerprint density at radius 1 is 1.17 bits per heavy atom. The second-order valence-electron chi connectivity index (χ2n) is 0. The molecular weight excluding hydrogens is 635 g/mol. The van der Waals surface area contributed by atoms with Crippen molar-refractivity contribution in [2.24, 2.45) is 0 Å². The Balaban J connectivity index is -0.000000000833. The van der Waals surface area contributed by atoms with Crippen LogP contribution in [0.1, 0.15) is 0 Å². The molecule has 0 rings (SSSR count). The molecule has 1 nitrogen and oxygen atoms in total. The molecule has 0 bridgehead atoms. The molecule has 0 aliphatic rings. The van der Waals surface area contributed by atoms with Crippen LogP contribution in [0.25, 0.3) is 0 Å². The molecule has 6 heavy (non-hydrogen) atoms. The molecule has 0 amide bonds. The summed E-state index contributed by atoms with van der Waals surface area (Å²) in [5.41, 5.74) is 0. The van der Waals surface area contributed by atoms with Gasteiger partial charge in [0.25, 0.3) is 0 Å². The summed E-state index contributed by atoms with van der Waals surface area (Å²) in [6, 6.07) is 0. The van der Waals surface area contributed by atoms with E-state index in [0.29, 0.717) is 0 Å². The van der Waals surface area contributed by atoms with E-state index in [1.807, 2.05) is 0 Å². The Kier molecular flexibility index (Phi) is 197. The van der Waals surface area contributed by atoms with Gasteiger partial charge >= 0.3 is 28.5 Å². The van der Waals surface area contributed by atoms with E-state index >= 15 is 0 Å². The predicted octanol–water partition coefficient (Wildman–Crippen LogP) is -1.27. The Labute approximate surface area is 122 Å². The molecule has 0 aromatic heterocycles. The van der Waals surface area contributed by atoms with Crippen molar-refractivity contribution < 1.29 is 49.5 Å². The van der Waals surface area contributed by atoms with E-state index in [1.165, 1.54) is 0 Å². The van der Waals surface area contributed by atoms with E-state index in [-0.39, 0.29) is 122 Å². The summed E-state index contributed by atoms with van der Waals surface area (Å²) in [5, 5.41) is 0. The van der Waals surface area contributed by atoms with Gasteiger partial charge in [-0.15, -0.1) is 0 Å². The van der Waals surface area contributed by atoms with Crippen LogP contribution in [0.3, 0.4) is 0 Å². The molecule has 9 radical (unpaired) electrons. The van der Waals surface area contributed by atoms with Gasteiger partial charge in [-0.25, -0.2) is 0 Å². The zero-order valence-corrected chi connectivity index (χ0v) is 20.4. The molecular formula is CdInOPbSnZn. The summed E-state index contributed by atoms with van der Waals surface area (Å²) in [6.45, 7) is 0. The molecule has 0 heterocycles. The molecule has 0 aliphatic heterocycles. The number of rotatable bonds is 0. The van der Waals surface area contributed by atoms with Gasteiger partial charge < -0.3 is 0 Å². The first-order chi connectivity index (χ1) is 1.00. The summed E-state index contributed by atoms with van der Waals surface area (Å²) >= 11 is 0.0556. The van der Waals surface area contributed by atoms with Crippen molar-refractivity contribution in [3.05, 3.63) is 0 Å². The first-order valence-corrected chi connectivity index (χ1v) is 1.79. The van der Waals surface area contributed by atoms with Crippen molar-refractivity contribution in [1.29, 1.82) is 0 Å². The minimum absolute atomic E-state index is 0. The van der Waals surface area contributed by atoms with E-state index in [1.54, 1.807) is 0 Å². The Bertz CT molecular complexity index is 15.5. The molecule has 0 saturated carbocycles. The van der Waals surface area contributed by atoms with Gasteiger partial charge in [0, 0.05) is 96.5 Å². The number of hydrogen-bond acceptors (Lipinski definition) is 1. The topological polar surface area (TPSA) is 17.1 Å². The van der Waals surface area contributed by atoms with Crippen molar-refractivity contribution >= 4 is 75.5 Å². The first kappa shape index (κ1) is 32.6. The Morgan fingerprint density at radius 2 is 1.17 bits per heavy atom. The van der Waals surface area contributed by atoms with Gasteiger partial charge in [0.15, 0.2) is 0 Å². The van der Waals surface area contributed by atoms with Crippen LogP contribution < -0.4 is 0 Å². The van der Waals surface area contributed by atoms with Gasteiger partial charge in [-0.05, 0) is 0 Å². The van der Waals surface area contributed by atoms with E-state index in [9.17, 15) is 0 Å². The zero-order chi connectivity index (χ0) is 2.00. The fraction of sp³-hybridized carbons (Fsp3) is 0. The van der Waals surface area contributed by atoms with Gasteiger partial charge in [-0.1, -0.05) is 0 Å². The van der Waals surface area contributed by atoms with Crippen LogP contribution in [0.2, 0.25) is 0 Å². The van der Waals surface area contributed by atoms with Crippen LogP contribution >= 0.6 is 0 Å². The Morgan fingerprint density at radius 3 is 1.17 bits per heavy atom. The molecule has 0 atom stereocenters. The third-order valence-electron chi connectivity index (χ3n) is 0. The third kappa shape index (κ3) is 24.6. The number of hydrogen-bond donors (Lipinski definition) is 0. The van der Waals surface area contributed by atoms with Crippen molar-refractivity contribution in [3.8, 4) is 0 Å². The smallest absolute Gasteiger partial charge is 0 e. The van der Waals surface area contributed by atoms with Gasteiger partial charge in [-0.3, -0.25) is 0 Å². The summed E-state index contributed by atoms with van der Waals surface area (Å²) in [5.74, 6) is 0. The van der Waals surface area contributed by atoms with Crippen LogP contribution in [0.4, 0.5) is 0 Å². The van der Waals surface area contributed by atoms with Crippen molar-refractivity contribution in [1.82, 2.24) is 0 Å². The van der Waals surface area contributed by atoms with Crippen molar-refractivity contribution in [3.63, 3.8) is 0 Å². The zero-order valence-electron chi connectivity index (χ0n) is 3.40. The molecule has 0 aliphatic carbocycles. The Hall–Kier alpha value is 3.94. The molecule has 0 aromatic carbocycles. The van der Waals surface area contributed by atoms with E-state index < -0.39 is 0 Å². The molecule has 0 fully saturated rings. The van der Waals surface area contributed by atoms with Crippen molar-refractivity contribution in [2.75, 3.05) is 0 Å². The molecule has 0 unspecified atom stereocenters.